The van der Waals surface area contributed by atoms with Crippen LogP contribution in [0.25, 0.3) is 0 Å². The molecule has 0 aliphatic heterocycles. The Morgan fingerprint density at radius 2 is 1.33 bits per heavy atom. The Morgan fingerprint density at radius 3 is 1.78 bits per heavy atom. The van der Waals surface area contributed by atoms with Crippen LogP contribution in [0.4, 0.5) is 4.79 Å². The van der Waals surface area contributed by atoms with Gasteiger partial charge in [-0.15, -0.1) is 0 Å². The van der Waals surface area contributed by atoms with Gasteiger partial charge in [0.1, 0.15) is 11.7 Å². The van der Waals surface area contributed by atoms with Crippen LogP contribution >= 0.6 is 0 Å². The summed E-state index contributed by atoms with van der Waals surface area (Å²) in [4.78, 5) is 11.9. The van der Waals surface area contributed by atoms with E-state index in [0.29, 0.717) is 0 Å². The Kier molecular flexibility index (Phi) is 16.5. The highest BCUT2D eigenvalue weighted by Crippen LogP contribution is 2.17. The number of hydrogen-bond donors (Lipinski definition) is 0. The van der Waals surface area contributed by atoms with Gasteiger partial charge in [-0.1, -0.05) is 89.7 Å². The lowest BCUT2D eigenvalue weighted by molar-refractivity contribution is -0.0280. The number of carbonyl (C=O) groups excluding carboxylic acids is 1. The average molecular weight is 383 g/mol. The molecule has 0 unspecified atom stereocenters. The van der Waals surface area contributed by atoms with Crippen molar-refractivity contribution < 1.29 is 14.3 Å². The molecule has 1 atom stereocenters. The first-order valence-electron chi connectivity index (χ1n) is 11.4. The molecule has 0 aliphatic rings. The van der Waals surface area contributed by atoms with Crippen molar-refractivity contribution in [3.05, 3.63) is 12.2 Å². The topological polar surface area (TPSA) is 35.5 Å². The molecule has 0 aromatic heterocycles. The van der Waals surface area contributed by atoms with Crippen molar-refractivity contribution in [2.24, 2.45) is 0 Å². The molecule has 160 valence electrons. The van der Waals surface area contributed by atoms with Gasteiger partial charge in [-0.2, -0.15) is 0 Å². The lowest BCUT2D eigenvalue weighted by Gasteiger charge is -2.22. The Labute approximate surface area is 169 Å². The second-order valence-electron chi connectivity index (χ2n) is 8.69. The highest BCUT2D eigenvalue weighted by molar-refractivity contribution is 5.60. The van der Waals surface area contributed by atoms with Gasteiger partial charge in [-0.25, -0.2) is 4.79 Å². The fraction of sp³-hybridized carbons (Fsp3) is 0.875. The maximum absolute atomic E-state index is 11.9. The highest BCUT2D eigenvalue weighted by atomic mass is 16.7. The predicted molar refractivity (Wildman–Crippen MR) is 116 cm³/mol. The zero-order valence-corrected chi connectivity index (χ0v) is 18.9. The lowest BCUT2D eigenvalue weighted by atomic mass is 10.0. The molecule has 0 saturated heterocycles. The molecule has 0 heterocycles. The van der Waals surface area contributed by atoms with Gasteiger partial charge in [0.25, 0.3) is 0 Å². The van der Waals surface area contributed by atoms with E-state index in [4.69, 9.17) is 9.47 Å². The summed E-state index contributed by atoms with van der Waals surface area (Å²) in [6.07, 6.45) is 21.2. The normalized spacial score (nSPS) is 13.1. The van der Waals surface area contributed by atoms with E-state index in [1.54, 1.807) is 0 Å². The summed E-state index contributed by atoms with van der Waals surface area (Å²) in [5.41, 5.74) is -0.502. The van der Waals surface area contributed by atoms with Gasteiger partial charge in [0.05, 0.1) is 0 Å². The molecule has 3 heteroatoms. The third kappa shape index (κ3) is 19.6. The number of ether oxygens (including phenoxy) is 2. The third-order valence-electron chi connectivity index (χ3n) is 4.67. The van der Waals surface area contributed by atoms with E-state index in [-0.39, 0.29) is 6.10 Å². The molecule has 0 radical (unpaired) electrons. The predicted octanol–water partition coefficient (Wildman–Crippen LogP) is 8.36. The molecule has 0 amide bonds. The molecular formula is C24H46O3. The monoisotopic (exact) mass is 382 g/mol. The van der Waals surface area contributed by atoms with Crippen LogP contribution in [0.1, 0.15) is 125 Å². The molecule has 0 bridgehead atoms. The van der Waals surface area contributed by atoms with Crippen LogP contribution < -0.4 is 0 Å². The van der Waals surface area contributed by atoms with Crippen molar-refractivity contribution in [1.82, 2.24) is 0 Å². The van der Waals surface area contributed by atoms with Crippen LogP contribution in [-0.2, 0) is 9.47 Å². The summed E-state index contributed by atoms with van der Waals surface area (Å²) in [6, 6.07) is 0. The second-order valence-corrected chi connectivity index (χ2v) is 8.69. The second kappa shape index (κ2) is 17.1. The first-order chi connectivity index (χ1) is 12.9. The van der Waals surface area contributed by atoms with Gasteiger partial charge in [0.15, 0.2) is 0 Å². The molecule has 0 aromatic carbocycles. The average Bonchev–Trinajstić information content (AvgIpc) is 2.58. The van der Waals surface area contributed by atoms with E-state index >= 15 is 0 Å². The van der Waals surface area contributed by atoms with E-state index in [2.05, 4.69) is 13.0 Å². The van der Waals surface area contributed by atoms with Crippen molar-refractivity contribution in [3.63, 3.8) is 0 Å². The van der Waals surface area contributed by atoms with Gasteiger partial charge in [0, 0.05) is 6.42 Å². The minimum absolute atomic E-state index is 0.0702. The Bertz CT molecular complexity index is 368. The van der Waals surface area contributed by atoms with E-state index in [1.165, 1.54) is 70.6 Å². The Balaban J connectivity index is 3.74. The molecular weight excluding hydrogens is 336 g/mol. The van der Waals surface area contributed by atoms with E-state index in [0.717, 1.165) is 19.3 Å². The van der Waals surface area contributed by atoms with Gasteiger partial charge < -0.3 is 9.47 Å². The number of unbranched alkanes of at least 4 members (excludes halogenated alkanes) is 11. The lowest BCUT2D eigenvalue weighted by Crippen LogP contribution is -2.27. The molecule has 27 heavy (non-hydrogen) atoms. The van der Waals surface area contributed by atoms with Crippen molar-refractivity contribution in [3.8, 4) is 0 Å². The van der Waals surface area contributed by atoms with Crippen LogP contribution in [0.5, 0.6) is 0 Å². The zero-order valence-electron chi connectivity index (χ0n) is 18.9. The van der Waals surface area contributed by atoms with Crippen LogP contribution in [0.2, 0.25) is 0 Å². The summed E-state index contributed by atoms with van der Waals surface area (Å²) in [6.45, 7) is 9.85. The van der Waals surface area contributed by atoms with Gasteiger partial charge in [0.2, 0.25) is 0 Å². The summed E-state index contributed by atoms with van der Waals surface area (Å²) < 4.78 is 10.8. The molecule has 0 N–H and O–H groups in total. The quantitative estimate of drug-likeness (QED) is 0.153. The maximum atomic E-state index is 11.9. The standard InChI is InChI=1S/C24H46O3/c1-6-8-10-11-12-13-14-15-16-17-18-19-21-22(20-9-7-2)26-23(25)27-24(3,4)5/h7,9,22H,6,8,10-21H2,1-5H3/b9-7-/t22-/m0/s1. The highest BCUT2D eigenvalue weighted by Gasteiger charge is 2.20. The van der Waals surface area contributed by atoms with Crippen molar-refractivity contribution in [2.45, 2.75) is 136 Å². The Hall–Kier alpha value is -0.990. The van der Waals surface area contributed by atoms with Gasteiger partial charge >= 0.3 is 6.16 Å². The minimum Gasteiger partial charge on any atom is -0.431 e. The summed E-state index contributed by atoms with van der Waals surface area (Å²) in [5.74, 6) is 0. The van der Waals surface area contributed by atoms with Crippen LogP contribution in [0.3, 0.4) is 0 Å². The number of allylic oxidation sites excluding steroid dienone is 1. The van der Waals surface area contributed by atoms with E-state index in [1.807, 2.05) is 33.8 Å². The summed E-state index contributed by atoms with van der Waals surface area (Å²) in [7, 11) is 0. The van der Waals surface area contributed by atoms with Crippen molar-refractivity contribution in [1.29, 1.82) is 0 Å². The third-order valence-corrected chi connectivity index (χ3v) is 4.67. The SMILES string of the molecule is C/C=C\C[C@@H](CCCCCCCCCCCCCC)OC(=O)OC(C)(C)C. The van der Waals surface area contributed by atoms with E-state index < -0.39 is 11.8 Å². The molecule has 0 aliphatic carbocycles. The minimum atomic E-state index is -0.545. The van der Waals surface area contributed by atoms with Crippen molar-refractivity contribution in [2.75, 3.05) is 0 Å². The molecule has 0 spiro atoms. The van der Waals surface area contributed by atoms with Crippen LogP contribution in [0, 0.1) is 0 Å². The van der Waals surface area contributed by atoms with E-state index in [9.17, 15) is 4.79 Å². The number of hydrogen-bond acceptors (Lipinski definition) is 3. The zero-order chi connectivity index (χ0) is 20.4. The smallest absolute Gasteiger partial charge is 0.431 e. The van der Waals surface area contributed by atoms with Crippen LogP contribution in [0.15, 0.2) is 12.2 Å². The van der Waals surface area contributed by atoms with Crippen molar-refractivity contribution >= 4 is 6.16 Å². The molecule has 3 nitrogen and oxygen atoms in total. The first kappa shape index (κ1) is 26.0. The molecule has 0 fully saturated rings. The van der Waals surface area contributed by atoms with Gasteiger partial charge in [-0.3, -0.25) is 0 Å². The molecule has 0 saturated carbocycles. The molecule has 0 aromatic rings. The Morgan fingerprint density at radius 1 is 0.852 bits per heavy atom. The molecule has 0 rings (SSSR count). The number of rotatable bonds is 16. The van der Waals surface area contributed by atoms with Crippen LogP contribution in [-0.4, -0.2) is 17.9 Å². The largest absolute Gasteiger partial charge is 0.509 e. The first-order valence-corrected chi connectivity index (χ1v) is 11.4. The van der Waals surface area contributed by atoms with Gasteiger partial charge in [-0.05, 0) is 40.5 Å². The summed E-state index contributed by atoms with van der Waals surface area (Å²) in [5, 5.41) is 0. The number of carbonyl (C=O) groups is 1. The fourth-order valence-electron chi connectivity index (χ4n) is 3.14. The maximum Gasteiger partial charge on any atom is 0.509 e. The fourth-order valence-corrected chi connectivity index (χ4v) is 3.14. The summed E-state index contributed by atoms with van der Waals surface area (Å²) >= 11 is 0.